The highest BCUT2D eigenvalue weighted by Crippen LogP contribution is 2.31. The predicted molar refractivity (Wildman–Crippen MR) is 87.7 cm³/mol. The van der Waals surface area contributed by atoms with Crippen molar-refractivity contribution in [3.05, 3.63) is 70.8 Å². The van der Waals surface area contributed by atoms with E-state index in [0.717, 1.165) is 11.6 Å². The van der Waals surface area contributed by atoms with E-state index in [2.05, 4.69) is 17.2 Å². The zero-order valence-electron chi connectivity index (χ0n) is 13.5. The van der Waals surface area contributed by atoms with Crippen molar-refractivity contribution in [3.8, 4) is 11.8 Å². The molecule has 0 saturated carbocycles. The Morgan fingerprint density at radius 2 is 1.88 bits per heavy atom. The Morgan fingerprint density at radius 1 is 1.16 bits per heavy atom. The number of hydrogen-bond donors (Lipinski definition) is 1. The van der Waals surface area contributed by atoms with Crippen LogP contribution in [0.4, 0.5) is 18.0 Å². The molecule has 0 spiro atoms. The van der Waals surface area contributed by atoms with Gasteiger partial charge in [-0.1, -0.05) is 42.2 Å². The average molecular weight is 347 g/mol. The summed E-state index contributed by atoms with van der Waals surface area (Å²) in [6.07, 6.45) is -4.98. The molecule has 1 N–H and O–H groups in total. The monoisotopic (exact) mass is 347 g/mol. The Morgan fingerprint density at radius 3 is 2.52 bits per heavy atom. The minimum atomic E-state index is -4.37. The van der Waals surface area contributed by atoms with Crippen LogP contribution in [0.15, 0.2) is 48.5 Å². The van der Waals surface area contributed by atoms with Crippen LogP contribution in [0, 0.1) is 18.8 Å². The first kappa shape index (κ1) is 18.4. The van der Waals surface area contributed by atoms with Crippen molar-refractivity contribution in [2.45, 2.75) is 19.7 Å². The predicted octanol–water partition coefficient (Wildman–Crippen LogP) is 4.29. The normalized spacial score (nSPS) is 10.6. The van der Waals surface area contributed by atoms with Gasteiger partial charge >= 0.3 is 12.3 Å². The molecule has 6 heteroatoms. The first-order chi connectivity index (χ1) is 11.9. The van der Waals surface area contributed by atoms with E-state index < -0.39 is 17.8 Å². The van der Waals surface area contributed by atoms with Gasteiger partial charge in [-0.2, -0.15) is 13.2 Å². The number of benzene rings is 2. The second kappa shape index (κ2) is 8.25. The Balaban J connectivity index is 1.82. The van der Waals surface area contributed by atoms with Gasteiger partial charge in [0.15, 0.2) is 0 Å². The molecule has 0 atom stereocenters. The number of alkyl carbamates (subject to hydrolysis) is 1. The van der Waals surface area contributed by atoms with Gasteiger partial charge in [-0.05, 0) is 36.2 Å². The van der Waals surface area contributed by atoms with Crippen LogP contribution in [0.5, 0.6) is 0 Å². The third-order valence-electron chi connectivity index (χ3n) is 3.30. The number of ether oxygens (including phenoxy) is 1. The molecule has 0 heterocycles. The van der Waals surface area contributed by atoms with Gasteiger partial charge in [-0.3, -0.25) is 0 Å². The molecule has 0 aliphatic rings. The molecule has 0 unspecified atom stereocenters. The number of hydrogen-bond acceptors (Lipinski definition) is 2. The Hall–Kier alpha value is -2.94. The molecule has 130 valence electrons. The standard InChI is InChI=1S/C19H16F3NO2/c1-14-12-15(9-10-17(14)19(20,21)22)8-5-11-23-18(24)25-13-16-6-3-2-4-7-16/h2-4,6-7,9-10,12H,11,13H2,1H3,(H,23,24). The van der Waals surface area contributed by atoms with E-state index in [1.54, 1.807) is 0 Å². The molecule has 25 heavy (non-hydrogen) atoms. The summed E-state index contributed by atoms with van der Waals surface area (Å²) in [5.74, 6) is 5.38. The van der Waals surface area contributed by atoms with Gasteiger partial charge < -0.3 is 10.1 Å². The Labute approximate surface area is 143 Å². The molecule has 2 aromatic rings. The van der Waals surface area contributed by atoms with Gasteiger partial charge in [0, 0.05) is 5.56 Å². The number of alkyl halides is 3. The molecule has 2 rings (SSSR count). The molecule has 1 amide bonds. The fourth-order valence-corrected chi connectivity index (χ4v) is 2.10. The van der Waals surface area contributed by atoms with Gasteiger partial charge in [0.05, 0.1) is 12.1 Å². The highest BCUT2D eigenvalue weighted by Gasteiger charge is 2.31. The summed E-state index contributed by atoms with van der Waals surface area (Å²) < 4.78 is 43.0. The number of aryl methyl sites for hydroxylation is 1. The van der Waals surface area contributed by atoms with E-state index in [1.807, 2.05) is 30.3 Å². The van der Waals surface area contributed by atoms with E-state index >= 15 is 0 Å². The van der Waals surface area contributed by atoms with Crippen LogP contribution in [0.25, 0.3) is 0 Å². The number of amides is 1. The van der Waals surface area contributed by atoms with E-state index in [1.165, 1.54) is 19.1 Å². The van der Waals surface area contributed by atoms with Crippen LogP contribution < -0.4 is 5.32 Å². The van der Waals surface area contributed by atoms with E-state index in [0.29, 0.717) is 5.56 Å². The summed E-state index contributed by atoms with van der Waals surface area (Å²) in [6, 6.07) is 12.9. The van der Waals surface area contributed by atoms with Crippen molar-refractivity contribution in [1.29, 1.82) is 0 Å². The molecule has 0 saturated heterocycles. The zero-order valence-corrected chi connectivity index (χ0v) is 13.5. The molecular formula is C19H16F3NO2. The van der Waals surface area contributed by atoms with Crippen molar-refractivity contribution in [2.75, 3.05) is 6.54 Å². The molecule has 2 aromatic carbocycles. The highest BCUT2D eigenvalue weighted by atomic mass is 19.4. The van der Waals surface area contributed by atoms with Gasteiger partial charge in [-0.25, -0.2) is 4.79 Å². The molecular weight excluding hydrogens is 331 g/mol. The SMILES string of the molecule is Cc1cc(C#CCNC(=O)OCc2ccccc2)ccc1C(F)(F)F. The van der Waals surface area contributed by atoms with Gasteiger partial charge in [0.1, 0.15) is 6.61 Å². The maximum Gasteiger partial charge on any atom is 0.416 e. The first-order valence-electron chi connectivity index (χ1n) is 7.47. The summed E-state index contributed by atoms with van der Waals surface area (Å²) in [6.45, 7) is 1.57. The van der Waals surface area contributed by atoms with Crippen molar-refractivity contribution in [3.63, 3.8) is 0 Å². The number of nitrogens with one attached hydrogen (secondary N) is 1. The lowest BCUT2D eigenvalue weighted by Crippen LogP contribution is -2.24. The Bertz CT molecular complexity index is 790. The van der Waals surface area contributed by atoms with Gasteiger partial charge in [-0.15, -0.1) is 0 Å². The minimum Gasteiger partial charge on any atom is -0.445 e. The minimum absolute atomic E-state index is 0.0354. The fraction of sp³-hybridized carbons (Fsp3) is 0.211. The lowest BCUT2D eigenvalue weighted by Gasteiger charge is -2.09. The molecule has 0 aromatic heterocycles. The quantitative estimate of drug-likeness (QED) is 0.841. The second-order valence-electron chi connectivity index (χ2n) is 5.24. The van der Waals surface area contributed by atoms with Crippen molar-refractivity contribution < 1.29 is 22.7 Å². The van der Waals surface area contributed by atoms with E-state index in [9.17, 15) is 18.0 Å². The van der Waals surface area contributed by atoms with Crippen molar-refractivity contribution in [2.24, 2.45) is 0 Å². The summed E-state index contributed by atoms with van der Waals surface area (Å²) in [4.78, 5) is 11.5. The maximum absolute atomic E-state index is 12.7. The number of carbonyl (C=O) groups is 1. The van der Waals surface area contributed by atoms with Crippen molar-refractivity contribution in [1.82, 2.24) is 5.32 Å². The summed E-state index contributed by atoms with van der Waals surface area (Å²) in [7, 11) is 0. The molecule has 0 fully saturated rings. The summed E-state index contributed by atoms with van der Waals surface area (Å²) in [5, 5.41) is 2.46. The van der Waals surface area contributed by atoms with E-state index in [4.69, 9.17) is 4.74 Å². The van der Waals surface area contributed by atoms with Crippen LogP contribution in [-0.4, -0.2) is 12.6 Å². The van der Waals surface area contributed by atoms with Crippen LogP contribution in [0.1, 0.15) is 22.3 Å². The molecule has 0 aliphatic carbocycles. The number of carbonyl (C=O) groups excluding carboxylic acids is 1. The molecule has 0 bridgehead atoms. The average Bonchev–Trinajstić information content (AvgIpc) is 2.57. The van der Waals surface area contributed by atoms with Crippen LogP contribution >= 0.6 is 0 Å². The van der Waals surface area contributed by atoms with Crippen LogP contribution in [0.3, 0.4) is 0 Å². The van der Waals surface area contributed by atoms with Crippen LogP contribution in [-0.2, 0) is 17.5 Å². The molecule has 3 nitrogen and oxygen atoms in total. The number of halogens is 3. The fourth-order valence-electron chi connectivity index (χ4n) is 2.10. The lowest BCUT2D eigenvalue weighted by molar-refractivity contribution is -0.138. The first-order valence-corrected chi connectivity index (χ1v) is 7.47. The molecule has 0 radical (unpaired) electrons. The van der Waals surface area contributed by atoms with Crippen LogP contribution in [0.2, 0.25) is 0 Å². The third-order valence-corrected chi connectivity index (χ3v) is 3.30. The second-order valence-corrected chi connectivity index (χ2v) is 5.24. The van der Waals surface area contributed by atoms with Gasteiger partial charge in [0.25, 0.3) is 0 Å². The lowest BCUT2D eigenvalue weighted by atomic mass is 10.1. The van der Waals surface area contributed by atoms with Crippen molar-refractivity contribution >= 4 is 6.09 Å². The largest absolute Gasteiger partial charge is 0.445 e. The van der Waals surface area contributed by atoms with E-state index in [-0.39, 0.29) is 18.7 Å². The highest BCUT2D eigenvalue weighted by molar-refractivity contribution is 5.67. The topological polar surface area (TPSA) is 38.3 Å². The maximum atomic E-state index is 12.7. The summed E-state index contributed by atoms with van der Waals surface area (Å²) in [5.41, 5.74) is 0.740. The smallest absolute Gasteiger partial charge is 0.416 e. The Kier molecular flexibility index (Phi) is 6.07. The third kappa shape index (κ3) is 5.88. The van der Waals surface area contributed by atoms with Gasteiger partial charge in [0.2, 0.25) is 0 Å². The zero-order chi connectivity index (χ0) is 18.3. The summed E-state index contributed by atoms with van der Waals surface area (Å²) >= 11 is 0. The number of rotatable bonds is 3. The molecule has 0 aliphatic heterocycles.